The van der Waals surface area contributed by atoms with Crippen LogP contribution < -0.4 is 0 Å². The van der Waals surface area contributed by atoms with Crippen molar-refractivity contribution in [3.05, 3.63) is 0 Å². The Bertz CT molecular complexity index is 795. The molecule has 4 saturated carbocycles. The second-order valence-electron chi connectivity index (χ2n) is 13.4. The van der Waals surface area contributed by atoms with E-state index >= 15 is 0 Å². The summed E-state index contributed by atoms with van der Waals surface area (Å²) in [5.41, 5.74) is -0.654. The highest BCUT2D eigenvalue weighted by Crippen LogP contribution is 2.68. The van der Waals surface area contributed by atoms with Crippen molar-refractivity contribution in [3.63, 3.8) is 0 Å². The van der Waals surface area contributed by atoms with Crippen LogP contribution >= 0.6 is 0 Å². The van der Waals surface area contributed by atoms with Gasteiger partial charge in [0.1, 0.15) is 11.7 Å². The molecule has 0 heterocycles. The minimum absolute atomic E-state index is 0.304. The zero-order chi connectivity index (χ0) is 24.9. The van der Waals surface area contributed by atoms with Crippen LogP contribution in [0.3, 0.4) is 0 Å². The lowest BCUT2D eigenvalue weighted by molar-refractivity contribution is -0.183. The van der Waals surface area contributed by atoms with Crippen molar-refractivity contribution in [1.82, 2.24) is 0 Å². The van der Waals surface area contributed by atoms with E-state index in [-0.39, 0.29) is 17.5 Å². The maximum absolute atomic E-state index is 12.0. The molecule has 4 fully saturated rings. The maximum Gasteiger partial charge on any atom is 0.302 e. The van der Waals surface area contributed by atoms with Crippen LogP contribution in [0.4, 0.5) is 0 Å². The molecule has 0 radical (unpaired) electrons. The number of hydrogen-bond donors (Lipinski definition) is 2. The van der Waals surface area contributed by atoms with Gasteiger partial charge in [0.05, 0.1) is 5.71 Å². The van der Waals surface area contributed by atoms with Gasteiger partial charge in [-0.2, -0.15) is 0 Å². The molecule has 0 saturated heterocycles. The number of esters is 1. The van der Waals surface area contributed by atoms with Gasteiger partial charge in [0, 0.05) is 18.8 Å². The fourth-order valence-electron chi connectivity index (χ4n) is 9.51. The van der Waals surface area contributed by atoms with Gasteiger partial charge in [-0.05, 0) is 85.9 Å². The largest absolute Gasteiger partial charge is 0.462 e. The van der Waals surface area contributed by atoms with Crippen LogP contribution in [-0.2, 0) is 9.53 Å². The average Bonchev–Trinajstić information content (AvgIpc) is 3.11. The Labute approximate surface area is 207 Å². The first kappa shape index (κ1) is 26.0. The summed E-state index contributed by atoms with van der Waals surface area (Å²) >= 11 is 0. The molecule has 0 aromatic heterocycles. The molecule has 4 aliphatic rings. The van der Waals surface area contributed by atoms with Crippen molar-refractivity contribution < 1.29 is 19.8 Å². The summed E-state index contributed by atoms with van der Waals surface area (Å²) in [7, 11) is 0. The Morgan fingerprint density at radius 2 is 1.82 bits per heavy atom. The first-order valence-electron chi connectivity index (χ1n) is 14.1. The van der Waals surface area contributed by atoms with E-state index in [1.807, 2.05) is 0 Å². The van der Waals surface area contributed by atoms with Crippen LogP contribution in [0.5, 0.6) is 0 Å². The molecule has 0 aromatic rings. The monoisotopic (exact) mass is 475 g/mol. The number of nitrogens with zero attached hydrogens (tertiary/aromatic N) is 1. The Morgan fingerprint density at radius 3 is 2.47 bits per heavy atom. The number of ether oxygens (including phenoxy) is 1. The smallest absolute Gasteiger partial charge is 0.302 e. The molecular formula is C29H49NO4. The van der Waals surface area contributed by atoms with Gasteiger partial charge in [-0.15, -0.1) is 0 Å². The highest BCUT2D eigenvalue weighted by atomic mass is 16.5. The summed E-state index contributed by atoms with van der Waals surface area (Å²) in [5.74, 6) is 3.53. The molecule has 34 heavy (non-hydrogen) atoms. The van der Waals surface area contributed by atoms with E-state index in [4.69, 9.17) is 4.74 Å². The van der Waals surface area contributed by atoms with E-state index in [0.717, 1.165) is 37.0 Å². The van der Waals surface area contributed by atoms with Gasteiger partial charge in [0.2, 0.25) is 0 Å². The molecule has 0 aromatic carbocycles. The van der Waals surface area contributed by atoms with Crippen molar-refractivity contribution >= 4 is 11.7 Å². The molecule has 4 aliphatic carbocycles. The molecular weight excluding hydrogens is 426 g/mol. The molecule has 0 bridgehead atoms. The van der Waals surface area contributed by atoms with Crippen molar-refractivity contribution in [2.24, 2.45) is 51.5 Å². The van der Waals surface area contributed by atoms with Crippen LogP contribution in [0.1, 0.15) is 112 Å². The van der Waals surface area contributed by atoms with Gasteiger partial charge in [0.15, 0.2) is 0 Å². The molecule has 0 amide bonds. The van der Waals surface area contributed by atoms with E-state index in [1.54, 1.807) is 0 Å². The summed E-state index contributed by atoms with van der Waals surface area (Å²) in [6.45, 7) is 13.3. The third-order valence-electron chi connectivity index (χ3n) is 11.3. The molecule has 0 aliphatic heterocycles. The number of oxime groups is 1. The van der Waals surface area contributed by atoms with E-state index in [2.05, 4.69) is 39.8 Å². The zero-order valence-electron chi connectivity index (χ0n) is 22.5. The lowest BCUT2D eigenvalue weighted by atomic mass is 9.42. The number of hydrogen-bond acceptors (Lipinski definition) is 5. The second-order valence-corrected chi connectivity index (χ2v) is 13.4. The van der Waals surface area contributed by atoms with Gasteiger partial charge < -0.3 is 15.1 Å². The molecule has 5 heteroatoms. The summed E-state index contributed by atoms with van der Waals surface area (Å²) in [4.78, 5) is 11.6. The third kappa shape index (κ3) is 4.12. The molecule has 0 spiro atoms. The normalized spacial score (nSPS) is 46.0. The Balaban J connectivity index is 1.56. The molecule has 5 nitrogen and oxygen atoms in total. The van der Waals surface area contributed by atoms with Gasteiger partial charge >= 0.3 is 5.97 Å². The highest BCUT2D eigenvalue weighted by Gasteiger charge is 2.67. The van der Waals surface area contributed by atoms with Crippen molar-refractivity contribution in [2.75, 3.05) is 0 Å². The number of carbonyl (C=O) groups is 1. The summed E-state index contributed by atoms with van der Waals surface area (Å²) < 4.78 is 5.52. The number of rotatable bonds is 6. The predicted octanol–water partition coefficient (Wildman–Crippen LogP) is 6.59. The second kappa shape index (κ2) is 9.41. The number of carbonyl (C=O) groups excluding carboxylic acids is 1. The topological polar surface area (TPSA) is 79.1 Å². The van der Waals surface area contributed by atoms with E-state index in [1.165, 1.54) is 45.4 Å². The van der Waals surface area contributed by atoms with Gasteiger partial charge in [0.25, 0.3) is 0 Å². The Morgan fingerprint density at radius 1 is 1.09 bits per heavy atom. The molecule has 194 valence electrons. The third-order valence-corrected chi connectivity index (χ3v) is 11.3. The highest BCUT2D eigenvalue weighted by molar-refractivity contribution is 5.94. The van der Waals surface area contributed by atoms with Crippen LogP contribution in [0.25, 0.3) is 0 Å². The predicted molar refractivity (Wildman–Crippen MR) is 135 cm³/mol. The van der Waals surface area contributed by atoms with Crippen molar-refractivity contribution in [2.45, 2.75) is 124 Å². The maximum atomic E-state index is 12.0. The van der Waals surface area contributed by atoms with Crippen LogP contribution in [0, 0.1) is 46.3 Å². The summed E-state index contributed by atoms with van der Waals surface area (Å²) in [5, 5.41) is 25.8. The first-order chi connectivity index (χ1) is 16.0. The quantitative estimate of drug-likeness (QED) is 0.258. The van der Waals surface area contributed by atoms with Crippen molar-refractivity contribution in [1.29, 1.82) is 0 Å². The molecule has 4 rings (SSSR count). The average molecular weight is 476 g/mol. The van der Waals surface area contributed by atoms with Gasteiger partial charge in [-0.1, -0.05) is 59.0 Å². The summed E-state index contributed by atoms with van der Waals surface area (Å²) in [6.07, 6.45) is 11.2. The zero-order valence-corrected chi connectivity index (χ0v) is 22.5. The lowest BCUT2D eigenvalue weighted by Gasteiger charge is -2.64. The first-order valence-corrected chi connectivity index (χ1v) is 14.1. The molecule has 9 atom stereocenters. The fraction of sp³-hybridized carbons (Fsp3) is 0.931. The Kier molecular flexibility index (Phi) is 7.19. The van der Waals surface area contributed by atoms with Crippen LogP contribution in [-0.4, -0.2) is 33.7 Å². The van der Waals surface area contributed by atoms with Crippen LogP contribution in [0.2, 0.25) is 0 Å². The minimum atomic E-state index is -1.20. The number of fused-ring (bicyclic) bond motifs is 5. The molecule has 2 N–H and O–H groups in total. The van der Waals surface area contributed by atoms with E-state index in [9.17, 15) is 15.1 Å². The SMILES string of the molecule is CC(=O)O[C@H]1CC[C@]2(C)C3CC[C@@]4(C)C(CCC4[C@H](C)CCCC(C)C)C3C/C(=N\O)[C@]2(O)C1. The van der Waals surface area contributed by atoms with E-state index in [0.29, 0.717) is 41.7 Å². The van der Waals surface area contributed by atoms with Crippen LogP contribution in [0.15, 0.2) is 5.16 Å². The van der Waals surface area contributed by atoms with Crippen molar-refractivity contribution in [3.8, 4) is 0 Å². The minimum Gasteiger partial charge on any atom is -0.462 e. The van der Waals surface area contributed by atoms with Gasteiger partial charge in [-0.3, -0.25) is 4.79 Å². The standard InChI is InChI=1S/C29H49NO4/c1-18(2)8-7-9-19(3)23-10-11-24-22-16-26(30-33)29(32)17-21(34-20(4)31)12-15-28(29,6)25(22)13-14-27(23,24)5/h18-19,21-25,32-33H,7-17H2,1-6H3/b30-26+/t19-,21+,22?,23?,24?,25?,27-,28-,29-/m1/s1. The number of aliphatic hydroxyl groups is 1. The summed E-state index contributed by atoms with van der Waals surface area (Å²) in [6, 6.07) is 0. The Hall–Kier alpha value is -1.10. The van der Waals surface area contributed by atoms with E-state index < -0.39 is 5.60 Å². The molecule has 4 unspecified atom stereocenters. The lowest BCUT2D eigenvalue weighted by Crippen LogP contribution is -2.67. The fourth-order valence-corrected chi connectivity index (χ4v) is 9.51. The van der Waals surface area contributed by atoms with Gasteiger partial charge in [-0.25, -0.2) is 0 Å².